The molecule has 1 aromatic heterocycles. The van der Waals surface area contributed by atoms with Gasteiger partial charge in [-0.15, -0.1) is 0 Å². The van der Waals surface area contributed by atoms with Gasteiger partial charge in [-0.05, 0) is 19.7 Å². The van der Waals surface area contributed by atoms with Crippen molar-refractivity contribution in [3.63, 3.8) is 0 Å². The van der Waals surface area contributed by atoms with Crippen LogP contribution in [0, 0.1) is 0 Å². The lowest BCUT2D eigenvalue weighted by Crippen LogP contribution is -2.25. The van der Waals surface area contributed by atoms with Crippen LogP contribution < -0.4 is 0 Å². The Labute approximate surface area is 95.1 Å². The Morgan fingerprint density at radius 3 is 2.88 bits per heavy atom. The van der Waals surface area contributed by atoms with Crippen molar-refractivity contribution in [3.05, 3.63) is 36.0 Å². The van der Waals surface area contributed by atoms with Gasteiger partial charge in [0.05, 0.1) is 6.54 Å². The zero-order chi connectivity index (χ0) is 11.5. The predicted octanol–water partition coefficient (Wildman–Crippen LogP) is 2.30. The molecular formula is C13H16N2O. The van der Waals surface area contributed by atoms with Crippen molar-refractivity contribution in [1.29, 1.82) is 0 Å². The van der Waals surface area contributed by atoms with Crippen LogP contribution in [0.15, 0.2) is 30.5 Å². The Morgan fingerprint density at radius 1 is 1.38 bits per heavy atom. The molecular weight excluding hydrogens is 200 g/mol. The summed E-state index contributed by atoms with van der Waals surface area (Å²) < 4.78 is 0. The number of hydrogen-bond acceptors (Lipinski definition) is 2. The Hall–Kier alpha value is -1.61. The maximum Gasteiger partial charge on any atom is 0.178 e. The number of H-pyrrole nitrogens is 1. The van der Waals surface area contributed by atoms with Crippen molar-refractivity contribution in [2.24, 2.45) is 0 Å². The van der Waals surface area contributed by atoms with Gasteiger partial charge in [0.15, 0.2) is 5.78 Å². The van der Waals surface area contributed by atoms with E-state index in [0.29, 0.717) is 6.54 Å². The molecule has 0 bridgehead atoms. The van der Waals surface area contributed by atoms with E-state index >= 15 is 0 Å². The van der Waals surface area contributed by atoms with Crippen molar-refractivity contribution < 1.29 is 4.79 Å². The summed E-state index contributed by atoms with van der Waals surface area (Å²) in [4.78, 5) is 17.2. The third kappa shape index (κ3) is 1.99. The third-order valence-electron chi connectivity index (χ3n) is 2.84. The molecule has 2 aromatic rings. The Balaban J connectivity index is 2.30. The average molecular weight is 216 g/mol. The molecule has 3 nitrogen and oxygen atoms in total. The summed E-state index contributed by atoms with van der Waals surface area (Å²) in [6.45, 7) is 3.40. The first-order chi connectivity index (χ1) is 7.72. The Kier molecular flexibility index (Phi) is 3.06. The number of likely N-dealkylation sites (N-methyl/N-ethyl adjacent to an activating group) is 1. The molecule has 0 aliphatic carbocycles. The second-order valence-corrected chi connectivity index (χ2v) is 4.00. The first kappa shape index (κ1) is 10.9. The number of Topliss-reactive ketones (excluding diaryl/α,β-unsaturated/α-hetero) is 1. The normalized spacial score (nSPS) is 11.2. The lowest BCUT2D eigenvalue weighted by atomic mass is 10.1. The van der Waals surface area contributed by atoms with Gasteiger partial charge in [-0.25, -0.2) is 0 Å². The smallest absolute Gasteiger partial charge is 0.178 e. The fourth-order valence-corrected chi connectivity index (χ4v) is 1.74. The molecule has 3 heteroatoms. The van der Waals surface area contributed by atoms with Crippen molar-refractivity contribution in [3.8, 4) is 0 Å². The summed E-state index contributed by atoms with van der Waals surface area (Å²) in [5, 5.41) is 1.01. The van der Waals surface area contributed by atoms with E-state index in [9.17, 15) is 4.79 Å². The zero-order valence-electron chi connectivity index (χ0n) is 9.66. The molecule has 0 amide bonds. The molecule has 1 aromatic carbocycles. The topological polar surface area (TPSA) is 36.1 Å². The van der Waals surface area contributed by atoms with E-state index in [1.54, 1.807) is 6.20 Å². The van der Waals surface area contributed by atoms with Crippen LogP contribution in [0.2, 0.25) is 0 Å². The number of nitrogens with one attached hydrogen (secondary N) is 1. The molecule has 0 atom stereocenters. The summed E-state index contributed by atoms with van der Waals surface area (Å²) in [6, 6.07) is 7.88. The van der Waals surface area contributed by atoms with Gasteiger partial charge in [-0.2, -0.15) is 0 Å². The van der Waals surface area contributed by atoms with Crippen LogP contribution in [-0.4, -0.2) is 35.8 Å². The molecule has 0 aliphatic rings. The molecule has 0 spiro atoms. The quantitative estimate of drug-likeness (QED) is 0.796. The number of ketones is 1. The number of aromatic nitrogens is 1. The molecule has 84 valence electrons. The number of hydrogen-bond donors (Lipinski definition) is 1. The van der Waals surface area contributed by atoms with Crippen LogP contribution in [0.5, 0.6) is 0 Å². The van der Waals surface area contributed by atoms with Crippen LogP contribution in [0.3, 0.4) is 0 Å². The van der Waals surface area contributed by atoms with E-state index in [2.05, 4.69) is 4.98 Å². The molecule has 0 saturated carbocycles. The molecule has 0 unspecified atom stereocenters. The van der Waals surface area contributed by atoms with Gasteiger partial charge >= 0.3 is 0 Å². The summed E-state index contributed by atoms with van der Waals surface area (Å²) in [5.41, 5.74) is 1.81. The number of aromatic amines is 1. The lowest BCUT2D eigenvalue weighted by Gasteiger charge is -2.11. The van der Waals surface area contributed by atoms with Crippen molar-refractivity contribution in [2.45, 2.75) is 6.92 Å². The molecule has 1 N–H and O–H groups in total. The molecule has 16 heavy (non-hydrogen) atoms. The van der Waals surface area contributed by atoms with Gasteiger partial charge < -0.3 is 4.98 Å². The lowest BCUT2D eigenvalue weighted by molar-refractivity contribution is 0.0950. The number of fused-ring (bicyclic) bond motifs is 1. The minimum atomic E-state index is 0.168. The van der Waals surface area contributed by atoms with Crippen molar-refractivity contribution in [2.75, 3.05) is 20.1 Å². The van der Waals surface area contributed by atoms with E-state index in [0.717, 1.165) is 23.0 Å². The van der Waals surface area contributed by atoms with Crippen LogP contribution in [0.25, 0.3) is 10.9 Å². The highest BCUT2D eigenvalue weighted by Crippen LogP contribution is 2.18. The Bertz CT molecular complexity index is 501. The van der Waals surface area contributed by atoms with Crippen LogP contribution in [0.4, 0.5) is 0 Å². The SMILES string of the molecule is CCN(C)CC(=O)c1c[nH]c2ccccc12. The van der Waals surface area contributed by atoms with Gasteiger partial charge in [0, 0.05) is 22.7 Å². The fraction of sp³-hybridized carbons (Fsp3) is 0.308. The highest BCUT2D eigenvalue weighted by Gasteiger charge is 2.12. The van der Waals surface area contributed by atoms with Crippen molar-refractivity contribution >= 4 is 16.7 Å². The van der Waals surface area contributed by atoms with Gasteiger partial charge in [0.25, 0.3) is 0 Å². The van der Waals surface area contributed by atoms with Gasteiger partial charge in [-0.1, -0.05) is 25.1 Å². The minimum Gasteiger partial charge on any atom is -0.360 e. The third-order valence-corrected chi connectivity index (χ3v) is 2.84. The van der Waals surface area contributed by atoms with Gasteiger partial charge in [0.1, 0.15) is 0 Å². The number of rotatable bonds is 4. The maximum atomic E-state index is 12.0. The molecule has 0 aliphatic heterocycles. The second kappa shape index (κ2) is 4.49. The fourth-order valence-electron chi connectivity index (χ4n) is 1.74. The maximum absolute atomic E-state index is 12.0. The van der Waals surface area contributed by atoms with E-state index in [-0.39, 0.29) is 5.78 Å². The molecule has 0 saturated heterocycles. The zero-order valence-corrected chi connectivity index (χ0v) is 9.66. The second-order valence-electron chi connectivity index (χ2n) is 4.00. The first-order valence-corrected chi connectivity index (χ1v) is 5.50. The molecule has 0 radical (unpaired) electrons. The number of carbonyl (C=O) groups is 1. The monoisotopic (exact) mass is 216 g/mol. The van der Waals surface area contributed by atoms with Crippen LogP contribution in [0.1, 0.15) is 17.3 Å². The summed E-state index contributed by atoms with van der Waals surface area (Å²) in [7, 11) is 1.95. The van der Waals surface area contributed by atoms with Gasteiger partial charge in [-0.3, -0.25) is 9.69 Å². The van der Waals surface area contributed by atoms with Crippen molar-refractivity contribution in [1.82, 2.24) is 9.88 Å². The van der Waals surface area contributed by atoms with E-state index in [1.807, 2.05) is 43.1 Å². The summed E-state index contributed by atoms with van der Waals surface area (Å²) >= 11 is 0. The number of carbonyl (C=O) groups excluding carboxylic acids is 1. The predicted molar refractivity (Wildman–Crippen MR) is 65.8 cm³/mol. The summed E-state index contributed by atoms with van der Waals surface area (Å²) in [6.07, 6.45) is 1.80. The molecule has 2 rings (SSSR count). The average Bonchev–Trinajstić information content (AvgIpc) is 2.72. The first-order valence-electron chi connectivity index (χ1n) is 5.50. The summed E-state index contributed by atoms with van der Waals surface area (Å²) in [5.74, 6) is 0.168. The largest absolute Gasteiger partial charge is 0.360 e. The number of nitrogens with zero attached hydrogens (tertiary/aromatic N) is 1. The van der Waals surface area contributed by atoms with Gasteiger partial charge in [0.2, 0.25) is 0 Å². The van der Waals surface area contributed by atoms with E-state index < -0.39 is 0 Å². The Morgan fingerprint density at radius 2 is 2.12 bits per heavy atom. The van der Waals surface area contributed by atoms with Crippen LogP contribution >= 0.6 is 0 Å². The molecule has 1 heterocycles. The number of para-hydroxylation sites is 1. The highest BCUT2D eigenvalue weighted by molar-refractivity contribution is 6.08. The standard InChI is InChI=1S/C13H16N2O/c1-3-15(2)9-13(16)11-8-14-12-7-5-4-6-10(11)12/h4-8,14H,3,9H2,1-2H3. The number of benzene rings is 1. The minimum absolute atomic E-state index is 0.168. The molecule has 0 fully saturated rings. The highest BCUT2D eigenvalue weighted by atomic mass is 16.1. The van der Waals surface area contributed by atoms with E-state index in [4.69, 9.17) is 0 Å². The van der Waals surface area contributed by atoms with Crippen LogP contribution in [-0.2, 0) is 0 Å². The van der Waals surface area contributed by atoms with E-state index in [1.165, 1.54) is 0 Å².